The summed E-state index contributed by atoms with van der Waals surface area (Å²) < 4.78 is 5.50. The maximum atomic E-state index is 5.50. The first kappa shape index (κ1) is 12.9. The van der Waals surface area contributed by atoms with E-state index < -0.39 is 0 Å². The highest BCUT2D eigenvalue weighted by Crippen LogP contribution is 2.01. The molecule has 1 fully saturated rings. The normalized spacial score (nSPS) is 19.6. The van der Waals surface area contributed by atoms with Gasteiger partial charge < -0.3 is 9.64 Å². The summed E-state index contributed by atoms with van der Waals surface area (Å²) in [6.45, 7) is 13.5. The maximum Gasteiger partial charge on any atom is 0.0593 e. The summed E-state index contributed by atoms with van der Waals surface area (Å²) in [5.41, 5.74) is 0. The van der Waals surface area contributed by atoms with Gasteiger partial charge in [0.15, 0.2) is 0 Å². The lowest BCUT2D eigenvalue weighted by Gasteiger charge is -2.34. The van der Waals surface area contributed by atoms with Gasteiger partial charge in [0.25, 0.3) is 0 Å². The van der Waals surface area contributed by atoms with Crippen LogP contribution in [0.2, 0.25) is 0 Å². The highest BCUT2D eigenvalue weighted by Gasteiger charge is 2.15. The molecule has 0 aromatic rings. The molecule has 15 heavy (non-hydrogen) atoms. The zero-order valence-corrected chi connectivity index (χ0v) is 10.4. The minimum atomic E-state index is 0.904. The third kappa shape index (κ3) is 5.50. The minimum Gasteiger partial charge on any atom is -0.380 e. The summed E-state index contributed by atoms with van der Waals surface area (Å²) in [6.07, 6.45) is 2.41. The van der Waals surface area contributed by atoms with Gasteiger partial charge in [-0.05, 0) is 19.4 Å². The largest absolute Gasteiger partial charge is 0.380 e. The number of hydrogen-bond acceptors (Lipinski definition) is 3. The SMILES string of the molecule is CCCOCCN1CCN(CCC)CC1. The van der Waals surface area contributed by atoms with Crippen molar-refractivity contribution in [3.05, 3.63) is 0 Å². The Morgan fingerprint density at radius 2 is 1.40 bits per heavy atom. The number of ether oxygens (including phenoxy) is 1. The van der Waals surface area contributed by atoms with Crippen LogP contribution in [0.3, 0.4) is 0 Å². The molecule has 0 atom stereocenters. The molecule has 1 aliphatic heterocycles. The van der Waals surface area contributed by atoms with Crippen molar-refractivity contribution in [2.45, 2.75) is 26.7 Å². The molecule has 3 nitrogen and oxygen atoms in total. The zero-order valence-electron chi connectivity index (χ0n) is 10.4. The summed E-state index contributed by atoms with van der Waals surface area (Å²) in [5.74, 6) is 0. The standard InChI is InChI=1S/C12H26N2O/c1-3-5-13-6-8-14(9-7-13)10-12-15-11-4-2/h3-12H2,1-2H3. The molecule has 0 aliphatic carbocycles. The molecule has 0 N–H and O–H groups in total. The second-order valence-corrected chi connectivity index (χ2v) is 4.30. The second kappa shape index (κ2) is 8.08. The van der Waals surface area contributed by atoms with E-state index >= 15 is 0 Å². The predicted molar refractivity (Wildman–Crippen MR) is 64.3 cm³/mol. The van der Waals surface area contributed by atoms with Crippen molar-refractivity contribution >= 4 is 0 Å². The quantitative estimate of drug-likeness (QED) is 0.596. The van der Waals surface area contributed by atoms with Gasteiger partial charge in [0.1, 0.15) is 0 Å². The van der Waals surface area contributed by atoms with Crippen molar-refractivity contribution in [2.24, 2.45) is 0 Å². The molecule has 0 bridgehead atoms. The van der Waals surface area contributed by atoms with Gasteiger partial charge >= 0.3 is 0 Å². The number of rotatable bonds is 7. The summed E-state index contributed by atoms with van der Waals surface area (Å²) in [4.78, 5) is 5.07. The Kier molecular flexibility index (Phi) is 6.98. The molecular weight excluding hydrogens is 188 g/mol. The summed E-state index contributed by atoms with van der Waals surface area (Å²) in [6, 6.07) is 0. The van der Waals surface area contributed by atoms with Crippen LogP contribution in [0.15, 0.2) is 0 Å². The van der Waals surface area contributed by atoms with Crippen LogP contribution >= 0.6 is 0 Å². The Labute approximate surface area is 94.4 Å². The second-order valence-electron chi connectivity index (χ2n) is 4.30. The third-order valence-electron chi connectivity index (χ3n) is 2.91. The highest BCUT2D eigenvalue weighted by atomic mass is 16.5. The average Bonchev–Trinajstić information content (AvgIpc) is 2.27. The van der Waals surface area contributed by atoms with E-state index in [1.54, 1.807) is 0 Å². The van der Waals surface area contributed by atoms with E-state index in [9.17, 15) is 0 Å². The van der Waals surface area contributed by atoms with Gasteiger partial charge in [-0.15, -0.1) is 0 Å². The highest BCUT2D eigenvalue weighted by molar-refractivity contribution is 4.71. The smallest absolute Gasteiger partial charge is 0.0593 e. The van der Waals surface area contributed by atoms with Crippen LogP contribution in [0.5, 0.6) is 0 Å². The van der Waals surface area contributed by atoms with Gasteiger partial charge in [0, 0.05) is 39.3 Å². The Morgan fingerprint density at radius 3 is 1.93 bits per heavy atom. The summed E-state index contributed by atoms with van der Waals surface area (Å²) in [5, 5.41) is 0. The van der Waals surface area contributed by atoms with E-state index in [1.807, 2.05) is 0 Å². The molecule has 0 saturated carbocycles. The lowest BCUT2D eigenvalue weighted by atomic mass is 10.3. The first-order valence-corrected chi connectivity index (χ1v) is 6.39. The van der Waals surface area contributed by atoms with Crippen molar-refractivity contribution in [3.63, 3.8) is 0 Å². The van der Waals surface area contributed by atoms with E-state index in [2.05, 4.69) is 23.6 Å². The Bertz CT molecular complexity index is 142. The van der Waals surface area contributed by atoms with Gasteiger partial charge in [0.05, 0.1) is 6.61 Å². The van der Waals surface area contributed by atoms with E-state index in [4.69, 9.17) is 4.74 Å². The van der Waals surface area contributed by atoms with Crippen molar-refractivity contribution < 1.29 is 4.74 Å². The van der Waals surface area contributed by atoms with Crippen molar-refractivity contribution in [3.8, 4) is 0 Å². The van der Waals surface area contributed by atoms with Crippen LogP contribution in [0.25, 0.3) is 0 Å². The molecule has 1 rings (SSSR count). The molecule has 0 unspecified atom stereocenters. The van der Waals surface area contributed by atoms with Crippen LogP contribution in [-0.2, 0) is 4.74 Å². The predicted octanol–water partition coefficient (Wildman–Crippen LogP) is 1.44. The van der Waals surface area contributed by atoms with Crippen LogP contribution in [0.4, 0.5) is 0 Å². The molecule has 0 aromatic heterocycles. The Morgan fingerprint density at radius 1 is 0.800 bits per heavy atom. The fourth-order valence-electron chi connectivity index (χ4n) is 1.99. The van der Waals surface area contributed by atoms with Crippen LogP contribution in [-0.4, -0.2) is 62.3 Å². The zero-order chi connectivity index (χ0) is 10.9. The number of piperazine rings is 1. The molecule has 1 heterocycles. The topological polar surface area (TPSA) is 15.7 Å². The molecule has 3 heteroatoms. The fourth-order valence-corrected chi connectivity index (χ4v) is 1.99. The van der Waals surface area contributed by atoms with Gasteiger partial charge in [-0.2, -0.15) is 0 Å². The monoisotopic (exact) mass is 214 g/mol. The lowest BCUT2D eigenvalue weighted by molar-refractivity contribution is 0.0759. The van der Waals surface area contributed by atoms with Gasteiger partial charge in [-0.1, -0.05) is 13.8 Å². The van der Waals surface area contributed by atoms with Gasteiger partial charge in [-0.25, -0.2) is 0 Å². The molecule has 0 amide bonds. The first-order valence-electron chi connectivity index (χ1n) is 6.39. The molecule has 90 valence electrons. The number of nitrogens with zero attached hydrogens (tertiary/aromatic N) is 2. The molecule has 0 aromatic carbocycles. The Hall–Kier alpha value is -0.120. The molecule has 0 radical (unpaired) electrons. The van der Waals surface area contributed by atoms with Crippen LogP contribution in [0.1, 0.15) is 26.7 Å². The lowest BCUT2D eigenvalue weighted by Crippen LogP contribution is -2.47. The molecular formula is C12H26N2O. The molecule has 0 spiro atoms. The summed E-state index contributed by atoms with van der Waals surface area (Å²) in [7, 11) is 0. The van der Waals surface area contributed by atoms with E-state index in [-0.39, 0.29) is 0 Å². The van der Waals surface area contributed by atoms with Crippen molar-refractivity contribution in [1.29, 1.82) is 0 Å². The Balaban J connectivity index is 1.99. The first-order chi connectivity index (χ1) is 7.36. The molecule has 1 saturated heterocycles. The van der Waals surface area contributed by atoms with E-state index in [0.29, 0.717) is 0 Å². The third-order valence-corrected chi connectivity index (χ3v) is 2.91. The van der Waals surface area contributed by atoms with Crippen LogP contribution in [0, 0.1) is 0 Å². The minimum absolute atomic E-state index is 0.904. The van der Waals surface area contributed by atoms with Crippen molar-refractivity contribution in [1.82, 2.24) is 9.80 Å². The summed E-state index contributed by atoms with van der Waals surface area (Å²) >= 11 is 0. The molecule has 1 aliphatic rings. The van der Waals surface area contributed by atoms with E-state index in [1.165, 1.54) is 39.1 Å². The van der Waals surface area contributed by atoms with Gasteiger partial charge in [-0.3, -0.25) is 4.90 Å². The van der Waals surface area contributed by atoms with E-state index in [0.717, 1.165) is 26.2 Å². The maximum absolute atomic E-state index is 5.50. The van der Waals surface area contributed by atoms with Gasteiger partial charge in [0.2, 0.25) is 0 Å². The fraction of sp³-hybridized carbons (Fsp3) is 1.00. The number of hydrogen-bond donors (Lipinski definition) is 0. The van der Waals surface area contributed by atoms with Crippen molar-refractivity contribution in [2.75, 3.05) is 52.5 Å². The van der Waals surface area contributed by atoms with Crippen LogP contribution < -0.4 is 0 Å². The average molecular weight is 214 g/mol.